The van der Waals surface area contributed by atoms with Crippen molar-refractivity contribution in [1.82, 2.24) is 5.32 Å². The molecule has 0 aliphatic carbocycles. The van der Waals surface area contributed by atoms with E-state index in [1.54, 1.807) is 35.6 Å². The van der Waals surface area contributed by atoms with Gasteiger partial charge in [-0.05, 0) is 24.1 Å². The molecule has 0 bridgehead atoms. The molecule has 1 aromatic heterocycles. The molecule has 0 saturated carbocycles. The van der Waals surface area contributed by atoms with Crippen LogP contribution >= 0.6 is 11.3 Å². The number of aryl methyl sites for hydroxylation is 1. The van der Waals surface area contributed by atoms with Crippen LogP contribution in [-0.4, -0.2) is 11.0 Å². The number of hydrogen-bond acceptors (Lipinski definition) is 3. The van der Waals surface area contributed by atoms with E-state index in [1.165, 1.54) is 4.88 Å². The smallest absolute Gasteiger partial charge is 0.253 e. The topological polar surface area (TPSA) is 49.3 Å². The fraction of sp³-hybridized carbons (Fsp3) is 0.267. The first-order chi connectivity index (χ1) is 9.20. The summed E-state index contributed by atoms with van der Waals surface area (Å²) in [5, 5.41) is 12.7. The zero-order valence-electron chi connectivity index (χ0n) is 10.8. The number of amides is 1. The molecule has 1 aromatic carbocycles. The highest BCUT2D eigenvalue weighted by atomic mass is 32.1. The zero-order chi connectivity index (χ0) is 13.7. The predicted octanol–water partition coefficient (Wildman–Crippen LogP) is 2.66. The van der Waals surface area contributed by atoms with Crippen LogP contribution in [-0.2, 0) is 17.8 Å². The van der Waals surface area contributed by atoms with Gasteiger partial charge in [-0.15, -0.1) is 11.3 Å². The van der Waals surface area contributed by atoms with Gasteiger partial charge in [-0.2, -0.15) is 0 Å². The lowest BCUT2D eigenvalue weighted by atomic mass is 10.1. The molecule has 1 atom stereocenters. The van der Waals surface area contributed by atoms with Gasteiger partial charge in [-0.3, -0.25) is 4.79 Å². The van der Waals surface area contributed by atoms with Gasteiger partial charge < -0.3 is 10.4 Å². The van der Waals surface area contributed by atoms with E-state index in [0.29, 0.717) is 12.1 Å². The standard InChI is InChI=1S/C15H17NO2S/c1-2-12-8-9-13(19-12)10-16-15(18)14(17)11-6-4-3-5-7-11/h3-9,14,17H,2,10H2,1H3,(H,16,18). The van der Waals surface area contributed by atoms with Gasteiger partial charge in [-0.1, -0.05) is 37.3 Å². The molecule has 0 aliphatic rings. The third-order valence-corrected chi connectivity index (χ3v) is 4.10. The Morgan fingerprint density at radius 3 is 2.53 bits per heavy atom. The second kappa shape index (κ2) is 6.50. The average Bonchev–Trinajstić information content (AvgIpc) is 2.93. The fourth-order valence-electron chi connectivity index (χ4n) is 1.76. The van der Waals surface area contributed by atoms with Gasteiger partial charge in [0.2, 0.25) is 0 Å². The molecule has 2 N–H and O–H groups in total. The molecule has 0 radical (unpaired) electrons. The monoisotopic (exact) mass is 275 g/mol. The lowest BCUT2D eigenvalue weighted by molar-refractivity contribution is -0.129. The van der Waals surface area contributed by atoms with Crippen LogP contribution in [0.4, 0.5) is 0 Å². The Kier molecular flexibility index (Phi) is 4.71. The Labute approximate surface area is 116 Å². The number of aliphatic hydroxyl groups excluding tert-OH is 1. The van der Waals surface area contributed by atoms with Crippen LogP contribution in [0.1, 0.15) is 28.3 Å². The highest BCUT2D eigenvalue weighted by molar-refractivity contribution is 7.11. The molecular formula is C15H17NO2S. The van der Waals surface area contributed by atoms with Gasteiger partial charge in [0.05, 0.1) is 6.54 Å². The molecule has 2 aromatic rings. The Bertz CT molecular complexity index is 536. The Morgan fingerprint density at radius 2 is 1.89 bits per heavy atom. The van der Waals surface area contributed by atoms with E-state index in [-0.39, 0.29) is 5.91 Å². The van der Waals surface area contributed by atoms with Gasteiger partial charge >= 0.3 is 0 Å². The van der Waals surface area contributed by atoms with E-state index in [1.807, 2.05) is 12.1 Å². The Morgan fingerprint density at radius 1 is 1.21 bits per heavy atom. The first-order valence-corrected chi connectivity index (χ1v) is 7.10. The lowest BCUT2D eigenvalue weighted by Gasteiger charge is -2.10. The summed E-state index contributed by atoms with van der Waals surface area (Å²) in [6.07, 6.45) is -0.0996. The summed E-state index contributed by atoms with van der Waals surface area (Å²) in [6.45, 7) is 2.57. The molecule has 4 heteroatoms. The zero-order valence-corrected chi connectivity index (χ0v) is 11.6. The van der Waals surface area contributed by atoms with Crippen LogP contribution in [0, 0.1) is 0 Å². The number of aliphatic hydroxyl groups is 1. The van der Waals surface area contributed by atoms with Crippen molar-refractivity contribution >= 4 is 17.2 Å². The van der Waals surface area contributed by atoms with E-state index >= 15 is 0 Å². The van der Waals surface area contributed by atoms with Gasteiger partial charge in [0.1, 0.15) is 0 Å². The van der Waals surface area contributed by atoms with Crippen LogP contribution in [0.25, 0.3) is 0 Å². The van der Waals surface area contributed by atoms with Crippen molar-refractivity contribution in [2.24, 2.45) is 0 Å². The number of thiophene rings is 1. The van der Waals surface area contributed by atoms with E-state index in [4.69, 9.17) is 0 Å². The van der Waals surface area contributed by atoms with Crippen molar-refractivity contribution in [3.8, 4) is 0 Å². The molecule has 1 heterocycles. The van der Waals surface area contributed by atoms with Gasteiger partial charge in [0.25, 0.3) is 5.91 Å². The van der Waals surface area contributed by atoms with Gasteiger partial charge in [0, 0.05) is 9.75 Å². The maximum Gasteiger partial charge on any atom is 0.253 e. The molecular weight excluding hydrogens is 258 g/mol. The van der Waals surface area contributed by atoms with Crippen LogP contribution in [0.3, 0.4) is 0 Å². The quantitative estimate of drug-likeness (QED) is 0.881. The van der Waals surface area contributed by atoms with Crippen molar-refractivity contribution in [3.05, 3.63) is 57.8 Å². The molecule has 2 rings (SSSR count). The van der Waals surface area contributed by atoms with Crippen LogP contribution < -0.4 is 5.32 Å². The van der Waals surface area contributed by atoms with Crippen molar-refractivity contribution in [2.45, 2.75) is 26.0 Å². The molecule has 1 unspecified atom stereocenters. The Hall–Kier alpha value is -1.65. The maximum atomic E-state index is 11.8. The maximum absolute atomic E-state index is 11.8. The number of hydrogen-bond donors (Lipinski definition) is 2. The molecule has 0 spiro atoms. The van der Waals surface area contributed by atoms with Crippen LogP contribution in [0.2, 0.25) is 0 Å². The predicted molar refractivity (Wildman–Crippen MR) is 76.9 cm³/mol. The molecule has 3 nitrogen and oxygen atoms in total. The van der Waals surface area contributed by atoms with Gasteiger partial charge in [-0.25, -0.2) is 0 Å². The molecule has 100 valence electrons. The molecule has 19 heavy (non-hydrogen) atoms. The minimum atomic E-state index is -1.10. The van der Waals surface area contributed by atoms with Crippen molar-refractivity contribution in [2.75, 3.05) is 0 Å². The summed E-state index contributed by atoms with van der Waals surface area (Å²) in [5.74, 6) is -0.363. The molecule has 0 saturated heterocycles. The Balaban J connectivity index is 1.91. The van der Waals surface area contributed by atoms with Crippen molar-refractivity contribution < 1.29 is 9.90 Å². The summed E-state index contributed by atoms with van der Waals surface area (Å²) in [7, 11) is 0. The third kappa shape index (κ3) is 3.66. The molecule has 1 amide bonds. The van der Waals surface area contributed by atoms with E-state index in [0.717, 1.165) is 11.3 Å². The van der Waals surface area contributed by atoms with Gasteiger partial charge in [0.15, 0.2) is 6.10 Å². The van der Waals surface area contributed by atoms with E-state index in [9.17, 15) is 9.90 Å². The summed E-state index contributed by atoms with van der Waals surface area (Å²) in [4.78, 5) is 14.2. The minimum Gasteiger partial charge on any atom is -0.378 e. The third-order valence-electron chi connectivity index (χ3n) is 2.87. The fourth-order valence-corrected chi connectivity index (χ4v) is 2.66. The second-order valence-electron chi connectivity index (χ2n) is 4.25. The lowest BCUT2D eigenvalue weighted by Crippen LogP contribution is -2.28. The average molecular weight is 275 g/mol. The van der Waals surface area contributed by atoms with Crippen LogP contribution in [0.15, 0.2) is 42.5 Å². The largest absolute Gasteiger partial charge is 0.378 e. The summed E-state index contributed by atoms with van der Waals surface area (Å²) >= 11 is 1.69. The van der Waals surface area contributed by atoms with Crippen molar-refractivity contribution in [1.29, 1.82) is 0 Å². The van der Waals surface area contributed by atoms with E-state index < -0.39 is 6.10 Å². The van der Waals surface area contributed by atoms with E-state index in [2.05, 4.69) is 18.3 Å². The normalized spacial score (nSPS) is 12.1. The summed E-state index contributed by atoms with van der Waals surface area (Å²) in [5.41, 5.74) is 0.612. The molecule has 0 fully saturated rings. The number of rotatable bonds is 5. The summed E-state index contributed by atoms with van der Waals surface area (Å²) < 4.78 is 0. The number of carbonyl (C=O) groups is 1. The summed E-state index contributed by atoms with van der Waals surface area (Å²) in [6, 6.07) is 13.0. The minimum absolute atomic E-state index is 0.363. The number of nitrogens with one attached hydrogen (secondary N) is 1. The number of carbonyl (C=O) groups excluding carboxylic acids is 1. The molecule has 0 aliphatic heterocycles. The second-order valence-corrected chi connectivity index (χ2v) is 5.51. The SMILES string of the molecule is CCc1ccc(CNC(=O)C(O)c2ccccc2)s1. The van der Waals surface area contributed by atoms with Crippen LogP contribution in [0.5, 0.6) is 0 Å². The highest BCUT2D eigenvalue weighted by Gasteiger charge is 2.16. The first-order valence-electron chi connectivity index (χ1n) is 6.29. The highest BCUT2D eigenvalue weighted by Crippen LogP contribution is 2.17. The number of benzene rings is 1. The first kappa shape index (κ1) is 13.8. The van der Waals surface area contributed by atoms with Crippen molar-refractivity contribution in [3.63, 3.8) is 0 Å².